The molecule has 0 unspecified atom stereocenters. The smallest absolute Gasteiger partial charge is 0.417 e. The van der Waals surface area contributed by atoms with Crippen molar-refractivity contribution in [3.63, 3.8) is 0 Å². The minimum atomic E-state index is -4.82. The van der Waals surface area contributed by atoms with E-state index in [1.54, 1.807) is 4.90 Å². The van der Waals surface area contributed by atoms with Crippen LogP contribution in [0.1, 0.15) is 52.4 Å². The number of alkyl halides is 3. The molecule has 0 spiro atoms. The summed E-state index contributed by atoms with van der Waals surface area (Å²) in [5.74, 6) is -1.31. The lowest BCUT2D eigenvalue weighted by Crippen LogP contribution is -2.40. The van der Waals surface area contributed by atoms with Crippen LogP contribution in [-0.4, -0.2) is 31.6 Å². The van der Waals surface area contributed by atoms with Gasteiger partial charge in [-0.3, -0.25) is 9.36 Å². The number of nitriles is 1. The number of benzene rings is 3. The molecule has 3 aromatic carbocycles. The van der Waals surface area contributed by atoms with Crippen LogP contribution >= 0.6 is 0 Å². The molecular weight excluding hydrogens is 509 g/mol. The number of imidazole rings is 1. The van der Waals surface area contributed by atoms with Crippen molar-refractivity contribution in [1.82, 2.24) is 14.0 Å². The van der Waals surface area contributed by atoms with Gasteiger partial charge in [0.1, 0.15) is 5.69 Å². The van der Waals surface area contributed by atoms with Gasteiger partial charge in [-0.15, -0.1) is 0 Å². The predicted molar refractivity (Wildman–Crippen MR) is 134 cm³/mol. The maximum atomic E-state index is 14.0. The molecule has 1 aromatic heterocycles. The van der Waals surface area contributed by atoms with E-state index in [2.05, 4.69) is 0 Å². The minimum Gasteiger partial charge on any atom is -0.493 e. The Kier molecular flexibility index (Phi) is 5.61. The maximum absolute atomic E-state index is 14.0. The highest BCUT2D eigenvalue weighted by Gasteiger charge is 2.50. The number of hydrogen-bond acceptors (Lipinski definition) is 4. The number of carbonyl (C=O) groups is 1. The number of amides is 1. The van der Waals surface area contributed by atoms with Crippen molar-refractivity contribution >= 4 is 5.91 Å². The molecule has 2 aliphatic rings. The highest BCUT2D eigenvalue weighted by atomic mass is 19.4. The first-order valence-electron chi connectivity index (χ1n) is 12.3. The van der Waals surface area contributed by atoms with Crippen LogP contribution in [0.4, 0.5) is 13.2 Å². The lowest BCUT2D eigenvalue weighted by atomic mass is 9.89. The lowest BCUT2D eigenvalue weighted by Gasteiger charge is -2.31. The molecule has 7 nitrogen and oxygen atoms in total. The average Bonchev–Trinajstić information content (AvgIpc) is 3.60. The number of aromatic hydroxyl groups is 1. The van der Waals surface area contributed by atoms with Gasteiger partial charge in [0.2, 0.25) is 11.8 Å². The van der Waals surface area contributed by atoms with Crippen LogP contribution in [-0.2, 0) is 11.0 Å². The Morgan fingerprint density at radius 2 is 1.62 bits per heavy atom. The van der Waals surface area contributed by atoms with E-state index in [-0.39, 0.29) is 23.8 Å². The van der Waals surface area contributed by atoms with Crippen LogP contribution in [0.3, 0.4) is 0 Å². The van der Waals surface area contributed by atoms with Crippen molar-refractivity contribution in [3.8, 4) is 17.6 Å². The highest BCUT2D eigenvalue weighted by Crippen LogP contribution is 2.50. The van der Waals surface area contributed by atoms with Crippen LogP contribution in [0.25, 0.3) is 5.69 Å². The SMILES string of the molecule is N#Cc1ccc(-n2c(O)c3n(c2=O)[C@H]2C[C@@H]3N(C(=O)C(c3ccccc3)c3ccccc3)C2)cc1C(F)(F)F. The van der Waals surface area contributed by atoms with Gasteiger partial charge >= 0.3 is 11.9 Å². The fraction of sp³-hybridized carbons (Fsp3) is 0.207. The number of halogens is 3. The van der Waals surface area contributed by atoms with Gasteiger partial charge in [0.25, 0.3) is 0 Å². The summed E-state index contributed by atoms with van der Waals surface area (Å²) >= 11 is 0. The number of aromatic nitrogens is 2. The van der Waals surface area contributed by atoms with Crippen LogP contribution in [0.5, 0.6) is 5.88 Å². The van der Waals surface area contributed by atoms with E-state index >= 15 is 0 Å². The van der Waals surface area contributed by atoms with Crippen molar-refractivity contribution in [3.05, 3.63) is 117 Å². The summed E-state index contributed by atoms with van der Waals surface area (Å²) in [7, 11) is 0. The van der Waals surface area contributed by atoms with Gasteiger partial charge in [0.15, 0.2) is 0 Å². The van der Waals surface area contributed by atoms with Crippen LogP contribution in [0.15, 0.2) is 83.7 Å². The molecule has 6 rings (SSSR count). The Bertz CT molecular complexity index is 1650. The third-order valence-electron chi connectivity index (χ3n) is 7.54. The predicted octanol–water partition coefficient (Wildman–Crippen LogP) is 4.90. The number of nitrogens with zero attached hydrogens (tertiary/aromatic N) is 4. The molecule has 4 aromatic rings. The van der Waals surface area contributed by atoms with Gasteiger partial charge < -0.3 is 10.0 Å². The molecule has 0 saturated carbocycles. The molecular formula is C29H21F3N4O3. The summed E-state index contributed by atoms with van der Waals surface area (Å²) in [6, 6.07) is 21.9. The van der Waals surface area contributed by atoms with E-state index in [0.717, 1.165) is 21.8 Å². The highest BCUT2D eigenvalue weighted by molar-refractivity contribution is 5.88. The van der Waals surface area contributed by atoms with Gasteiger partial charge in [0, 0.05) is 6.54 Å². The fourth-order valence-electron chi connectivity index (χ4n) is 5.86. The molecule has 1 N–H and O–H groups in total. The molecule has 2 aliphatic heterocycles. The standard InChI is InChI=1S/C29H21F3N4O3/c30-29(31,32)22-13-20(12-11-19(22)15-33)36-27(38)25-23-14-21(35(25)28(36)39)16-34(23)26(37)24(17-7-3-1-4-8-17)18-9-5-2-6-10-18/h1-13,21,23-24,38H,14,16H2/t21-,23-/m0/s1. The number of carbonyl (C=O) groups excluding carboxylic acids is 1. The monoisotopic (exact) mass is 530 g/mol. The third-order valence-corrected chi connectivity index (χ3v) is 7.54. The number of likely N-dealkylation sites (tertiary alicyclic amines) is 1. The first-order valence-corrected chi connectivity index (χ1v) is 12.3. The molecule has 196 valence electrons. The minimum absolute atomic E-state index is 0.191. The summed E-state index contributed by atoms with van der Waals surface area (Å²) < 4.78 is 42.9. The first-order chi connectivity index (χ1) is 18.7. The summed E-state index contributed by atoms with van der Waals surface area (Å²) in [5, 5.41) is 20.3. The second-order valence-electron chi connectivity index (χ2n) is 9.69. The Morgan fingerprint density at radius 3 is 2.18 bits per heavy atom. The maximum Gasteiger partial charge on any atom is 0.417 e. The van der Waals surface area contributed by atoms with E-state index in [1.807, 2.05) is 60.7 Å². The average molecular weight is 531 g/mol. The van der Waals surface area contributed by atoms with Crippen molar-refractivity contribution in [2.24, 2.45) is 0 Å². The molecule has 3 heterocycles. The normalized spacial score (nSPS) is 17.9. The summed E-state index contributed by atoms with van der Waals surface area (Å²) in [6.45, 7) is 0.233. The summed E-state index contributed by atoms with van der Waals surface area (Å²) in [4.78, 5) is 29.0. The Balaban J connectivity index is 1.41. The molecule has 39 heavy (non-hydrogen) atoms. The first kappa shape index (κ1) is 24.6. The quantitative estimate of drug-likeness (QED) is 0.407. The second-order valence-corrected chi connectivity index (χ2v) is 9.69. The van der Waals surface area contributed by atoms with E-state index < -0.39 is 46.9 Å². The van der Waals surface area contributed by atoms with Crippen LogP contribution in [0.2, 0.25) is 0 Å². The summed E-state index contributed by atoms with van der Waals surface area (Å²) in [6.07, 6.45) is -4.41. The van der Waals surface area contributed by atoms with Crippen LogP contribution < -0.4 is 5.69 Å². The lowest BCUT2D eigenvalue weighted by molar-refractivity contribution is -0.137. The molecule has 1 amide bonds. The van der Waals surface area contributed by atoms with Gasteiger partial charge in [-0.2, -0.15) is 18.4 Å². The Morgan fingerprint density at radius 1 is 1.00 bits per heavy atom. The van der Waals surface area contributed by atoms with Crippen molar-refractivity contribution in [2.75, 3.05) is 6.54 Å². The van der Waals surface area contributed by atoms with Gasteiger partial charge in [-0.1, -0.05) is 60.7 Å². The van der Waals surface area contributed by atoms with Gasteiger partial charge in [-0.25, -0.2) is 9.36 Å². The van der Waals surface area contributed by atoms with E-state index in [0.29, 0.717) is 12.5 Å². The topological polar surface area (TPSA) is 91.3 Å². The second kappa shape index (κ2) is 8.91. The van der Waals surface area contributed by atoms with Crippen LogP contribution in [0, 0.1) is 11.3 Å². The Labute approximate surface area is 220 Å². The zero-order valence-corrected chi connectivity index (χ0v) is 20.3. The Hall–Kier alpha value is -4.78. The van der Waals surface area contributed by atoms with E-state index in [1.165, 1.54) is 16.7 Å². The molecule has 10 heteroatoms. The molecule has 2 atom stereocenters. The van der Waals surface area contributed by atoms with Crippen molar-refractivity contribution in [1.29, 1.82) is 5.26 Å². The van der Waals surface area contributed by atoms with E-state index in [4.69, 9.17) is 5.26 Å². The largest absolute Gasteiger partial charge is 0.493 e. The molecule has 1 saturated heterocycles. The summed E-state index contributed by atoms with van der Waals surface area (Å²) in [5.41, 5.74) is -0.899. The zero-order valence-electron chi connectivity index (χ0n) is 20.3. The molecule has 1 fully saturated rings. The zero-order chi connectivity index (χ0) is 27.5. The van der Waals surface area contributed by atoms with Crippen molar-refractivity contribution < 1.29 is 23.1 Å². The van der Waals surface area contributed by atoms with Gasteiger partial charge in [-0.05, 0) is 35.7 Å². The number of fused-ring (bicyclic) bond motifs is 5. The van der Waals surface area contributed by atoms with Gasteiger partial charge in [0.05, 0.1) is 40.9 Å². The fourth-order valence-corrected chi connectivity index (χ4v) is 5.86. The third kappa shape index (κ3) is 3.81. The number of hydrogen-bond donors (Lipinski definition) is 1. The van der Waals surface area contributed by atoms with Crippen molar-refractivity contribution in [2.45, 2.75) is 30.6 Å². The molecule has 2 bridgehead atoms. The molecule has 0 aliphatic carbocycles. The number of rotatable bonds is 4. The van der Waals surface area contributed by atoms with E-state index in [9.17, 15) is 27.9 Å². The molecule has 0 radical (unpaired) electrons.